The molecule has 3 unspecified atom stereocenters. The number of nitrogens with zero attached hydrogens (tertiary/aromatic N) is 3. The first kappa shape index (κ1) is 14.6. The highest BCUT2D eigenvalue weighted by atomic mass is 19.4. The zero-order valence-corrected chi connectivity index (χ0v) is 10.6. The molecule has 20 heavy (non-hydrogen) atoms. The van der Waals surface area contributed by atoms with Crippen LogP contribution in [0.3, 0.4) is 0 Å². The number of likely N-dealkylation sites (N-methyl/N-ethyl adjacent to an activating group) is 1. The maximum atomic E-state index is 12.8. The zero-order chi connectivity index (χ0) is 15.1. The van der Waals surface area contributed by atoms with Crippen LogP contribution in [0.2, 0.25) is 0 Å². The first-order chi connectivity index (χ1) is 9.24. The summed E-state index contributed by atoms with van der Waals surface area (Å²) in [4.78, 5) is 8.42. The Balaban J connectivity index is 2.30. The molecule has 0 spiro atoms. The molecule has 3 atom stereocenters. The second kappa shape index (κ2) is 4.94. The fraction of sp³-hybridized carbons (Fsp3) is 0.600. The Morgan fingerprint density at radius 3 is 2.65 bits per heavy atom. The summed E-state index contributed by atoms with van der Waals surface area (Å²) in [6.07, 6.45) is -5.65. The van der Waals surface area contributed by atoms with Crippen molar-refractivity contribution in [2.75, 3.05) is 14.2 Å². The van der Waals surface area contributed by atoms with Gasteiger partial charge in [-0.05, 0) is 6.08 Å². The van der Waals surface area contributed by atoms with Gasteiger partial charge in [0.15, 0.2) is 6.04 Å². The number of aliphatic hydroxyl groups is 1. The van der Waals surface area contributed by atoms with Crippen LogP contribution in [0.1, 0.15) is 0 Å². The summed E-state index contributed by atoms with van der Waals surface area (Å²) in [6.45, 7) is 0. The van der Waals surface area contributed by atoms with Gasteiger partial charge in [-0.1, -0.05) is 0 Å². The first-order valence-electron chi connectivity index (χ1n) is 5.55. The Morgan fingerprint density at radius 2 is 2.20 bits per heavy atom. The minimum atomic E-state index is -4.56. The third-order valence-corrected chi connectivity index (χ3v) is 2.71. The van der Waals surface area contributed by atoms with Gasteiger partial charge in [-0.3, -0.25) is 4.90 Å². The molecule has 0 radical (unpaired) electrons. The molecular formula is C10H13F3N4O3. The van der Waals surface area contributed by atoms with Crippen molar-refractivity contribution >= 4 is 11.9 Å². The summed E-state index contributed by atoms with van der Waals surface area (Å²) in [7, 11) is 2.64. The van der Waals surface area contributed by atoms with Crippen LogP contribution in [0.15, 0.2) is 21.8 Å². The predicted molar refractivity (Wildman–Crippen MR) is 62.6 cm³/mol. The van der Waals surface area contributed by atoms with Gasteiger partial charge >= 0.3 is 6.18 Å². The summed E-state index contributed by atoms with van der Waals surface area (Å²) in [5, 5.41) is 8.97. The number of epoxide rings is 1. The van der Waals surface area contributed by atoms with Gasteiger partial charge in [0.05, 0.1) is 12.8 Å². The van der Waals surface area contributed by atoms with E-state index >= 15 is 0 Å². The molecular weight excluding hydrogens is 281 g/mol. The van der Waals surface area contributed by atoms with Gasteiger partial charge in [0.1, 0.15) is 5.84 Å². The number of nitrogens with two attached hydrogens (primary N) is 1. The number of halogens is 3. The topological polar surface area (TPSA) is 96.0 Å². The number of hydrogen-bond donors (Lipinski definition) is 2. The SMILES string of the molecule is COC1=NC(C(F)(F)F)C=C(C(N)=NC2OC2O)N1C. The lowest BCUT2D eigenvalue weighted by Crippen LogP contribution is -2.42. The maximum absolute atomic E-state index is 12.8. The quantitative estimate of drug-likeness (QED) is 0.417. The lowest BCUT2D eigenvalue weighted by Gasteiger charge is -2.29. The lowest BCUT2D eigenvalue weighted by molar-refractivity contribution is -0.137. The van der Waals surface area contributed by atoms with Crippen molar-refractivity contribution in [1.82, 2.24) is 4.90 Å². The molecule has 1 saturated heterocycles. The van der Waals surface area contributed by atoms with Crippen molar-refractivity contribution in [2.24, 2.45) is 15.7 Å². The average molecular weight is 294 g/mol. The molecule has 2 rings (SSSR count). The van der Waals surface area contributed by atoms with Crippen LogP contribution in [0.25, 0.3) is 0 Å². The minimum Gasteiger partial charge on any atom is -0.468 e. The smallest absolute Gasteiger partial charge is 0.414 e. The highest BCUT2D eigenvalue weighted by Crippen LogP contribution is 2.29. The fourth-order valence-electron chi connectivity index (χ4n) is 1.62. The number of amidine groups is 2. The Bertz CT molecular complexity index is 489. The van der Waals surface area contributed by atoms with Crippen molar-refractivity contribution in [3.05, 3.63) is 11.8 Å². The predicted octanol–water partition coefficient (Wildman–Crippen LogP) is -0.219. The highest BCUT2D eigenvalue weighted by molar-refractivity contribution is 6.00. The molecule has 112 valence electrons. The number of alkyl halides is 3. The van der Waals surface area contributed by atoms with Crippen molar-refractivity contribution in [1.29, 1.82) is 0 Å². The van der Waals surface area contributed by atoms with Gasteiger partial charge in [0.2, 0.25) is 12.5 Å². The van der Waals surface area contributed by atoms with E-state index in [1.165, 1.54) is 19.1 Å². The summed E-state index contributed by atoms with van der Waals surface area (Å²) < 4.78 is 47.8. The van der Waals surface area contributed by atoms with E-state index in [9.17, 15) is 13.2 Å². The molecule has 0 amide bonds. The standard InChI is InChI=1S/C10H13F3N4O3/c1-17-4(6(14)16-7-8(18)20-7)3-5(10(11,12)13)15-9(17)19-2/h3,5,7-8,18H,1-2H3,(H2,14,16). The second-order valence-corrected chi connectivity index (χ2v) is 4.14. The molecule has 2 heterocycles. The number of methoxy groups -OCH3 is 1. The van der Waals surface area contributed by atoms with E-state index in [2.05, 4.69) is 14.7 Å². The molecule has 3 N–H and O–H groups in total. The molecule has 0 aromatic heterocycles. The molecule has 10 heteroatoms. The van der Waals surface area contributed by atoms with Gasteiger partial charge in [-0.2, -0.15) is 13.2 Å². The Hall–Kier alpha value is -1.81. The summed E-state index contributed by atoms with van der Waals surface area (Å²) >= 11 is 0. The van der Waals surface area contributed by atoms with Crippen LogP contribution >= 0.6 is 0 Å². The molecule has 1 fully saturated rings. The van der Waals surface area contributed by atoms with Crippen molar-refractivity contribution in [2.45, 2.75) is 24.7 Å². The summed E-state index contributed by atoms with van der Waals surface area (Å²) in [5.41, 5.74) is 5.62. The van der Waals surface area contributed by atoms with Crippen molar-refractivity contribution in [3.8, 4) is 0 Å². The Kier molecular flexibility index (Phi) is 3.61. The van der Waals surface area contributed by atoms with Crippen LogP contribution in [0.5, 0.6) is 0 Å². The van der Waals surface area contributed by atoms with Gasteiger partial charge in [0, 0.05) is 7.05 Å². The summed E-state index contributed by atoms with van der Waals surface area (Å²) in [5.74, 6) is -0.201. The van der Waals surface area contributed by atoms with E-state index in [0.29, 0.717) is 0 Å². The van der Waals surface area contributed by atoms with Crippen molar-refractivity contribution < 1.29 is 27.8 Å². The number of rotatable bonds is 2. The number of aliphatic imine (C=N–C) groups is 2. The van der Waals surface area contributed by atoms with Gasteiger partial charge < -0.3 is 20.3 Å². The number of aliphatic hydroxyl groups excluding tert-OH is 1. The second-order valence-electron chi connectivity index (χ2n) is 4.14. The number of hydrogen-bond acceptors (Lipinski definition) is 6. The Labute approximate surface area is 112 Å². The van der Waals surface area contributed by atoms with Gasteiger partial charge in [-0.15, -0.1) is 0 Å². The van der Waals surface area contributed by atoms with E-state index in [-0.39, 0.29) is 17.6 Å². The largest absolute Gasteiger partial charge is 0.468 e. The van der Waals surface area contributed by atoms with Gasteiger partial charge in [-0.25, -0.2) is 9.98 Å². The molecule has 0 aromatic carbocycles. The van der Waals surface area contributed by atoms with Gasteiger partial charge in [0.25, 0.3) is 6.02 Å². The molecule has 0 bridgehead atoms. The summed E-state index contributed by atoms with van der Waals surface area (Å²) in [6, 6.07) is -2.30. The van der Waals surface area contributed by atoms with E-state index in [1.54, 1.807) is 0 Å². The molecule has 2 aliphatic rings. The van der Waals surface area contributed by atoms with Crippen LogP contribution in [-0.2, 0) is 9.47 Å². The van der Waals surface area contributed by atoms with Crippen LogP contribution < -0.4 is 5.73 Å². The molecule has 0 aliphatic carbocycles. The van der Waals surface area contributed by atoms with E-state index in [0.717, 1.165) is 6.08 Å². The zero-order valence-electron chi connectivity index (χ0n) is 10.6. The van der Waals surface area contributed by atoms with Crippen LogP contribution in [-0.4, -0.2) is 60.8 Å². The Morgan fingerprint density at radius 1 is 1.60 bits per heavy atom. The third-order valence-electron chi connectivity index (χ3n) is 2.71. The van der Waals surface area contributed by atoms with Crippen LogP contribution in [0, 0.1) is 0 Å². The fourth-order valence-corrected chi connectivity index (χ4v) is 1.62. The van der Waals surface area contributed by atoms with E-state index in [1.807, 2.05) is 0 Å². The lowest BCUT2D eigenvalue weighted by atomic mass is 10.2. The molecule has 0 saturated carbocycles. The normalized spacial score (nSPS) is 30.8. The van der Waals surface area contributed by atoms with E-state index in [4.69, 9.17) is 15.6 Å². The average Bonchev–Trinajstić information content (AvgIpc) is 3.03. The van der Waals surface area contributed by atoms with E-state index < -0.39 is 24.7 Å². The molecule has 7 nitrogen and oxygen atoms in total. The number of ether oxygens (including phenoxy) is 2. The van der Waals surface area contributed by atoms with Crippen molar-refractivity contribution in [3.63, 3.8) is 0 Å². The highest BCUT2D eigenvalue weighted by Gasteiger charge is 2.43. The first-order valence-corrected chi connectivity index (χ1v) is 5.55. The third kappa shape index (κ3) is 2.85. The molecule has 0 aromatic rings. The monoisotopic (exact) mass is 294 g/mol. The maximum Gasteiger partial charge on any atom is 0.414 e. The van der Waals surface area contributed by atoms with Crippen LogP contribution in [0.4, 0.5) is 13.2 Å². The minimum absolute atomic E-state index is 0.0122. The molecule has 2 aliphatic heterocycles.